The molecule has 1 aromatic rings. The van der Waals surface area contributed by atoms with Gasteiger partial charge in [0.2, 0.25) is 17.7 Å². The van der Waals surface area contributed by atoms with Crippen LogP contribution in [0.25, 0.3) is 0 Å². The molecule has 3 amide bonds. The summed E-state index contributed by atoms with van der Waals surface area (Å²) in [6, 6.07) is -5.40. The number of aromatic nitrogens is 2. The Morgan fingerprint density at radius 3 is 2.12 bits per heavy atom. The van der Waals surface area contributed by atoms with E-state index in [1.807, 2.05) is 0 Å². The quantitative estimate of drug-likeness (QED) is 0.149. The van der Waals surface area contributed by atoms with Crippen LogP contribution in [0.1, 0.15) is 26.0 Å². The molecule has 178 valence electrons. The van der Waals surface area contributed by atoms with Crippen molar-refractivity contribution in [2.24, 2.45) is 11.7 Å². The maximum Gasteiger partial charge on any atom is 0.326 e. The molecule has 0 aliphatic rings. The van der Waals surface area contributed by atoms with Crippen molar-refractivity contribution in [3.8, 4) is 0 Å². The third-order valence-corrected chi connectivity index (χ3v) is 4.39. The maximum absolute atomic E-state index is 12.8. The number of imidazole rings is 1. The van der Waals surface area contributed by atoms with Gasteiger partial charge in [-0.05, 0) is 5.92 Å². The van der Waals surface area contributed by atoms with Crippen molar-refractivity contribution < 1.29 is 39.3 Å². The number of aliphatic hydroxyl groups excluding tert-OH is 1. The Balaban J connectivity index is 3.04. The second kappa shape index (κ2) is 12.4. The minimum absolute atomic E-state index is 0.119. The molecule has 0 spiro atoms. The van der Waals surface area contributed by atoms with Gasteiger partial charge >= 0.3 is 11.9 Å². The molecule has 0 fully saturated rings. The summed E-state index contributed by atoms with van der Waals surface area (Å²) in [6.07, 6.45) is 1.74. The van der Waals surface area contributed by atoms with E-state index >= 15 is 0 Å². The molecule has 4 atom stereocenters. The number of nitrogens with zero attached hydrogens (tertiary/aromatic N) is 1. The number of rotatable bonds is 13. The molecule has 0 radical (unpaired) electrons. The van der Waals surface area contributed by atoms with Crippen molar-refractivity contribution in [2.45, 2.75) is 50.9 Å². The molecular weight excluding hydrogens is 428 g/mol. The monoisotopic (exact) mass is 456 g/mol. The molecule has 0 aromatic carbocycles. The topological polar surface area (TPSA) is 237 Å². The molecule has 9 N–H and O–H groups in total. The van der Waals surface area contributed by atoms with E-state index in [0.29, 0.717) is 5.69 Å². The minimum Gasteiger partial charge on any atom is -0.481 e. The number of amides is 3. The van der Waals surface area contributed by atoms with Crippen LogP contribution in [0.15, 0.2) is 12.5 Å². The van der Waals surface area contributed by atoms with Gasteiger partial charge in [-0.15, -0.1) is 0 Å². The van der Waals surface area contributed by atoms with Gasteiger partial charge in [-0.2, -0.15) is 0 Å². The smallest absolute Gasteiger partial charge is 0.326 e. The Morgan fingerprint density at radius 1 is 1.03 bits per heavy atom. The fourth-order valence-electron chi connectivity index (χ4n) is 2.61. The number of aromatic amines is 1. The van der Waals surface area contributed by atoms with Crippen LogP contribution >= 0.6 is 0 Å². The highest BCUT2D eigenvalue weighted by Crippen LogP contribution is 2.06. The molecule has 1 aromatic heterocycles. The van der Waals surface area contributed by atoms with Gasteiger partial charge in [0.05, 0.1) is 19.4 Å². The van der Waals surface area contributed by atoms with Crippen LogP contribution in [0.5, 0.6) is 0 Å². The van der Waals surface area contributed by atoms with Gasteiger partial charge in [-0.1, -0.05) is 13.8 Å². The van der Waals surface area contributed by atoms with E-state index in [9.17, 15) is 24.0 Å². The van der Waals surface area contributed by atoms with E-state index in [1.165, 1.54) is 12.5 Å². The predicted octanol–water partition coefficient (Wildman–Crippen LogP) is -3.06. The number of H-pyrrole nitrogens is 1. The van der Waals surface area contributed by atoms with Crippen LogP contribution in [0, 0.1) is 5.92 Å². The number of nitrogens with two attached hydrogens (primary N) is 1. The summed E-state index contributed by atoms with van der Waals surface area (Å²) in [7, 11) is 0. The Labute approximate surface area is 183 Å². The Hall–Kier alpha value is -3.52. The molecule has 14 nitrogen and oxygen atoms in total. The SMILES string of the molecule is CC(C)C(NC(=O)C(N)CO)C(=O)NC(Cc1cnc[nH]1)C(=O)NC(CC(=O)O)C(=O)O. The van der Waals surface area contributed by atoms with Crippen LogP contribution in [0.3, 0.4) is 0 Å². The lowest BCUT2D eigenvalue weighted by Gasteiger charge is -2.26. The zero-order chi connectivity index (χ0) is 24.4. The summed E-state index contributed by atoms with van der Waals surface area (Å²) in [5.74, 6) is -5.90. The van der Waals surface area contributed by atoms with E-state index in [1.54, 1.807) is 13.8 Å². The lowest BCUT2D eigenvalue weighted by Crippen LogP contribution is -2.59. The first-order chi connectivity index (χ1) is 15.0. The highest BCUT2D eigenvalue weighted by Gasteiger charge is 2.32. The van der Waals surface area contributed by atoms with Crippen LogP contribution in [0.4, 0.5) is 0 Å². The maximum atomic E-state index is 12.8. The number of carbonyl (C=O) groups excluding carboxylic acids is 3. The molecule has 0 saturated heterocycles. The van der Waals surface area contributed by atoms with E-state index in [0.717, 1.165) is 0 Å². The molecule has 0 saturated carbocycles. The normalized spacial score (nSPS) is 14.7. The lowest BCUT2D eigenvalue weighted by atomic mass is 10.0. The van der Waals surface area contributed by atoms with Crippen molar-refractivity contribution in [2.75, 3.05) is 6.61 Å². The highest BCUT2D eigenvalue weighted by molar-refractivity contribution is 5.94. The number of aliphatic hydroxyl groups is 1. The fourth-order valence-corrected chi connectivity index (χ4v) is 2.61. The first kappa shape index (κ1) is 26.5. The number of aliphatic carboxylic acids is 2. The number of hydrogen-bond acceptors (Lipinski definition) is 8. The summed E-state index contributed by atoms with van der Waals surface area (Å²) in [6.45, 7) is 2.63. The first-order valence-electron chi connectivity index (χ1n) is 9.65. The standard InChI is InChI=1S/C18H28N6O8/c1-8(2)14(24-15(28)10(19)6-25)17(30)22-11(3-9-5-20-7-21-9)16(29)23-12(18(31)32)4-13(26)27/h5,7-8,10-12,14,25H,3-4,6,19H2,1-2H3,(H,20,21)(H,22,30)(H,23,29)(H,24,28)(H,26,27)(H,31,32). The van der Waals surface area contributed by atoms with Crippen LogP contribution < -0.4 is 21.7 Å². The van der Waals surface area contributed by atoms with Crippen molar-refractivity contribution in [3.63, 3.8) is 0 Å². The van der Waals surface area contributed by atoms with Crippen molar-refractivity contribution in [1.29, 1.82) is 0 Å². The molecule has 0 bridgehead atoms. The zero-order valence-corrected chi connectivity index (χ0v) is 17.6. The number of carboxylic acid groups (broad SMARTS) is 2. The summed E-state index contributed by atoms with van der Waals surface area (Å²) in [5.41, 5.74) is 5.89. The van der Waals surface area contributed by atoms with E-state index < -0.39 is 72.8 Å². The fraction of sp³-hybridized carbons (Fsp3) is 0.556. The molecule has 1 rings (SSSR count). The molecule has 14 heteroatoms. The van der Waals surface area contributed by atoms with Crippen LogP contribution in [-0.2, 0) is 30.4 Å². The third-order valence-electron chi connectivity index (χ3n) is 4.39. The Morgan fingerprint density at radius 2 is 1.66 bits per heavy atom. The van der Waals surface area contributed by atoms with E-state index in [-0.39, 0.29) is 6.42 Å². The van der Waals surface area contributed by atoms with Crippen molar-refractivity contribution in [1.82, 2.24) is 25.9 Å². The van der Waals surface area contributed by atoms with Crippen molar-refractivity contribution >= 4 is 29.7 Å². The molecule has 32 heavy (non-hydrogen) atoms. The van der Waals surface area contributed by atoms with Gasteiger partial charge in [0.25, 0.3) is 0 Å². The molecule has 0 aliphatic heterocycles. The number of carbonyl (C=O) groups is 5. The molecule has 0 aliphatic carbocycles. The Kier molecular flexibility index (Phi) is 10.2. The molecule has 1 heterocycles. The second-order valence-electron chi connectivity index (χ2n) is 7.36. The Bertz CT molecular complexity index is 812. The summed E-state index contributed by atoms with van der Waals surface area (Å²) in [5, 5.41) is 34.0. The average Bonchev–Trinajstić information content (AvgIpc) is 3.22. The zero-order valence-electron chi connectivity index (χ0n) is 17.6. The van der Waals surface area contributed by atoms with Crippen molar-refractivity contribution in [3.05, 3.63) is 18.2 Å². The number of carboxylic acids is 2. The predicted molar refractivity (Wildman–Crippen MR) is 108 cm³/mol. The summed E-state index contributed by atoms with van der Waals surface area (Å²) in [4.78, 5) is 66.3. The van der Waals surface area contributed by atoms with E-state index in [4.69, 9.17) is 21.1 Å². The minimum atomic E-state index is -1.72. The van der Waals surface area contributed by atoms with Crippen LogP contribution in [-0.4, -0.2) is 85.7 Å². The molecule has 4 unspecified atom stereocenters. The largest absolute Gasteiger partial charge is 0.481 e. The van der Waals surface area contributed by atoms with Gasteiger partial charge in [0.1, 0.15) is 24.2 Å². The van der Waals surface area contributed by atoms with Gasteiger partial charge in [-0.25, -0.2) is 9.78 Å². The van der Waals surface area contributed by atoms with Gasteiger partial charge in [0.15, 0.2) is 0 Å². The van der Waals surface area contributed by atoms with Gasteiger partial charge in [0, 0.05) is 18.3 Å². The van der Waals surface area contributed by atoms with E-state index in [2.05, 4.69) is 25.9 Å². The third kappa shape index (κ3) is 8.31. The molecular formula is C18H28N6O8. The number of hydrogen-bond donors (Lipinski definition) is 8. The number of nitrogens with one attached hydrogen (secondary N) is 4. The average molecular weight is 456 g/mol. The van der Waals surface area contributed by atoms with Crippen LogP contribution in [0.2, 0.25) is 0 Å². The van der Waals surface area contributed by atoms with Gasteiger partial charge in [-0.3, -0.25) is 19.2 Å². The second-order valence-corrected chi connectivity index (χ2v) is 7.36. The summed E-state index contributed by atoms with van der Waals surface area (Å²) >= 11 is 0. The first-order valence-corrected chi connectivity index (χ1v) is 9.65. The highest BCUT2D eigenvalue weighted by atomic mass is 16.4. The summed E-state index contributed by atoms with van der Waals surface area (Å²) < 4.78 is 0. The lowest BCUT2D eigenvalue weighted by molar-refractivity contribution is -0.147. The van der Waals surface area contributed by atoms with Gasteiger partial charge < -0.3 is 42.0 Å².